The van der Waals surface area contributed by atoms with Gasteiger partial charge in [0.05, 0.1) is 18.8 Å². The van der Waals surface area contributed by atoms with E-state index in [9.17, 15) is 0 Å². The Balaban J connectivity index is 1.47. The molecule has 4 rings (SSSR count). The second-order valence-electron chi connectivity index (χ2n) is 7.05. The Hall–Kier alpha value is -1.92. The Morgan fingerprint density at radius 1 is 1.24 bits per heavy atom. The van der Waals surface area contributed by atoms with Gasteiger partial charge in [0.15, 0.2) is 0 Å². The molecule has 0 saturated carbocycles. The quantitative estimate of drug-likeness (QED) is 0.924. The fraction of sp³-hybridized carbons (Fsp3) is 0.579. The van der Waals surface area contributed by atoms with Gasteiger partial charge >= 0.3 is 0 Å². The fourth-order valence-corrected chi connectivity index (χ4v) is 3.73. The molecular weight excluding hydrogens is 314 g/mol. The van der Waals surface area contributed by atoms with E-state index in [0.717, 1.165) is 57.0 Å². The van der Waals surface area contributed by atoms with Gasteiger partial charge in [0.2, 0.25) is 0 Å². The second kappa shape index (κ2) is 7.54. The number of piperazine rings is 1. The van der Waals surface area contributed by atoms with E-state index in [1.807, 2.05) is 10.9 Å². The smallest absolute Gasteiger partial charge is 0.113 e. The zero-order chi connectivity index (χ0) is 17.1. The molecule has 2 aromatic rings. The molecule has 134 valence electrons. The number of benzene rings is 1. The van der Waals surface area contributed by atoms with Crippen molar-refractivity contribution in [2.24, 2.45) is 0 Å². The molecule has 1 aromatic carbocycles. The SMILES string of the molecule is Cc1cc(N2CCNCC2)ccc1-c1cn(CC2CCCCO2)nn1. The average Bonchev–Trinajstić information content (AvgIpc) is 3.11. The van der Waals surface area contributed by atoms with Crippen LogP contribution in [0.1, 0.15) is 24.8 Å². The predicted octanol–water partition coefficient (Wildman–Crippen LogP) is 2.23. The number of nitrogens with zero attached hydrogens (tertiary/aromatic N) is 4. The molecule has 3 heterocycles. The van der Waals surface area contributed by atoms with E-state index < -0.39 is 0 Å². The molecule has 0 radical (unpaired) electrons. The van der Waals surface area contributed by atoms with Crippen molar-refractivity contribution in [3.05, 3.63) is 30.0 Å². The molecule has 0 spiro atoms. The van der Waals surface area contributed by atoms with Crippen molar-refractivity contribution >= 4 is 5.69 Å². The van der Waals surface area contributed by atoms with Gasteiger partial charge in [0, 0.05) is 44.0 Å². The highest BCUT2D eigenvalue weighted by molar-refractivity contribution is 5.67. The summed E-state index contributed by atoms with van der Waals surface area (Å²) in [7, 11) is 0. The topological polar surface area (TPSA) is 55.2 Å². The lowest BCUT2D eigenvalue weighted by Gasteiger charge is -2.29. The highest BCUT2D eigenvalue weighted by atomic mass is 16.5. The summed E-state index contributed by atoms with van der Waals surface area (Å²) in [6, 6.07) is 6.65. The van der Waals surface area contributed by atoms with Crippen LogP contribution in [0.15, 0.2) is 24.4 Å². The molecule has 6 heteroatoms. The van der Waals surface area contributed by atoms with Gasteiger partial charge < -0.3 is 15.0 Å². The van der Waals surface area contributed by atoms with Crippen LogP contribution in [0.3, 0.4) is 0 Å². The lowest BCUT2D eigenvalue weighted by atomic mass is 10.0. The Morgan fingerprint density at radius 2 is 2.12 bits per heavy atom. The number of anilines is 1. The standard InChI is InChI=1S/C19H27N5O/c1-15-12-16(23-9-7-20-8-10-23)5-6-18(15)19-14-24(22-21-19)13-17-4-2-3-11-25-17/h5-6,12,14,17,20H,2-4,7-11,13H2,1H3. The van der Waals surface area contributed by atoms with Gasteiger partial charge in [0.25, 0.3) is 0 Å². The average molecular weight is 341 g/mol. The highest BCUT2D eigenvalue weighted by Gasteiger charge is 2.17. The molecule has 1 N–H and O–H groups in total. The third-order valence-electron chi connectivity index (χ3n) is 5.17. The van der Waals surface area contributed by atoms with Crippen molar-refractivity contribution in [2.45, 2.75) is 38.8 Å². The summed E-state index contributed by atoms with van der Waals surface area (Å²) in [5.41, 5.74) is 4.65. The number of aromatic nitrogens is 3. The molecule has 2 aliphatic heterocycles. The number of hydrogen-bond acceptors (Lipinski definition) is 5. The largest absolute Gasteiger partial charge is 0.376 e. The molecule has 1 atom stereocenters. The summed E-state index contributed by atoms with van der Waals surface area (Å²) < 4.78 is 7.73. The molecule has 0 aliphatic carbocycles. The Labute approximate surface area is 149 Å². The third-order valence-corrected chi connectivity index (χ3v) is 5.17. The van der Waals surface area contributed by atoms with Crippen molar-refractivity contribution in [3.8, 4) is 11.3 Å². The lowest BCUT2D eigenvalue weighted by Crippen LogP contribution is -2.43. The number of rotatable bonds is 4. The first-order valence-corrected chi connectivity index (χ1v) is 9.38. The van der Waals surface area contributed by atoms with Gasteiger partial charge in [-0.2, -0.15) is 0 Å². The van der Waals surface area contributed by atoms with Gasteiger partial charge in [-0.1, -0.05) is 11.3 Å². The number of aryl methyl sites for hydroxylation is 1. The van der Waals surface area contributed by atoms with Crippen LogP contribution in [0.25, 0.3) is 11.3 Å². The van der Waals surface area contributed by atoms with E-state index in [0.29, 0.717) is 0 Å². The van der Waals surface area contributed by atoms with Crippen LogP contribution in [0, 0.1) is 6.92 Å². The van der Waals surface area contributed by atoms with Gasteiger partial charge in [-0.05, 0) is 43.9 Å². The predicted molar refractivity (Wildman–Crippen MR) is 98.9 cm³/mol. The summed E-state index contributed by atoms with van der Waals surface area (Å²) in [5, 5.41) is 12.1. The first-order chi connectivity index (χ1) is 12.3. The first kappa shape index (κ1) is 16.5. The van der Waals surface area contributed by atoms with Crippen LogP contribution in [0.4, 0.5) is 5.69 Å². The monoisotopic (exact) mass is 341 g/mol. The molecule has 2 saturated heterocycles. The van der Waals surface area contributed by atoms with Gasteiger partial charge in [0.1, 0.15) is 5.69 Å². The van der Waals surface area contributed by atoms with E-state index in [1.54, 1.807) is 0 Å². The third kappa shape index (κ3) is 3.85. The van der Waals surface area contributed by atoms with Crippen LogP contribution in [0.5, 0.6) is 0 Å². The van der Waals surface area contributed by atoms with Crippen molar-refractivity contribution < 1.29 is 4.74 Å². The van der Waals surface area contributed by atoms with Crippen molar-refractivity contribution in [1.82, 2.24) is 20.3 Å². The minimum atomic E-state index is 0.277. The Kier molecular flexibility index (Phi) is 4.99. The first-order valence-electron chi connectivity index (χ1n) is 9.38. The molecule has 6 nitrogen and oxygen atoms in total. The van der Waals surface area contributed by atoms with E-state index >= 15 is 0 Å². The summed E-state index contributed by atoms with van der Waals surface area (Å²) in [6.45, 7) is 8.07. The maximum atomic E-state index is 5.80. The van der Waals surface area contributed by atoms with Crippen LogP contribution in [-0.2, 0) is 11.3 Å². The second-order valence-corrected chi connectivity index (χ2v) is 7.05. The molecule has 1 unspecified atom stereocenters. The van der Waals surface area contributed by atoms with Crippen LogP contribution >= 0.6 is 0 Å². The normalized spacial score (nSPS) is 21.5. The van der Waals surface area contributed by atoms with Crippen LogP contribution in [0.2, 0.25) is 0 Å². The lowest BCUT2D eigenvalue weighted by molar-refractivity contribution is 0.00370. The Bertz CT molecular complexity index is 702. The van der Waals surface area contributed by atoms with Crippen LogP contribution in [-0.4, -0.2) is 53.9 Å². The summed E-state index contributed by atoms with van der Waals surface area (Å²) in [5.74, 6) is 0. The molecule has 2 aliphatic rings. The molecule has 0 amide bonds. The molecule has 25 heavy (non-hydrogen) atoms. The maximum absolute atomic E-state index is 5.80. The summed E-state index contributed by atoms with van der Waals surface area (Å²) in [4.78, 5) is 2.44. The van der Waals surface area contributed by atoms with Gasteiger partial charge in [-0.15, -0.1) is 5.10 Å². The molecule has 2 fully saturated rings. The minimum absolute atomic E-state index is 0.277. The van der Waals surface area contributed by atoms with Gasteiger partial charge in [-0.25, -0.2) is 4.68 Å². The van der Waals surface area contributed by atoms with Gasteiger partial charge in [-0.3, -0.25) is 0 Å². The Morgan fingerprint density at radius 3 is 2.88 bits per heavy atom. The summed E-state index contributed by atoms with van der Waals surface area (Å²) in [6.07, 6.45) is 5.87. The highest BCUT2D eigenvalue weighted by Crippen LogP contribution is 2.26. The van der Waals surface area contributed by atoms with Crippen molar-refractivity contribution in [2.75, 3.05) is 37.7 Å². The van der Waals surface area contributed by atoms with E-state index in [2.05, 4.69) is 45.7 Å². The zero-order valence-electron chi connectivity index (χ0n) is 14.9. The molecule has 1 aromatic heterocycles. The maximum Gasteiger partial charge on any atom is 0.113 e. The van der Waals surface area contributed by atoms with E-state index in [-0.39, 0.29) is 6.10 Å². The van der Waals surface area contributed by atoms with Crippen molar-refractivity contribution in [3.63, 3.8) is 0 Å². The number of hydrogen-bond donors (Lipinski definition) is 1. The fourth-order valence-electron chi connectivity index (χ4n) is 3.73. The molecular formula is C19H27N5O. The van der Waals surface area contributed by atoms with Crippen LogP contribution < -0.4 is 10.2 Å². The zero-order valence-corrected chi connectivity index (χ0v) is 14.9. The molecule has 0 bridgehead atoms. The number of nitrogens with one attached hydrogen (secondary N) is 1. The van der Waals surface area contributed by atoms with E-state index in [4.69, 9.17) is 4.74 Å². The minimum Gasteiger partial charge on any atom is -0.376 e. The van der Waals surface area contributed by atoms with Crippen molar-refractivity contribution in [1.29, 1.82) is 0 Å². The number of ether oxygens (including phenoxy) is 1. The summed E-state index contributed by atoms with van der Waals surface area (Å²) >= 11 is 0. The van der Waals surface area contributed by atoms with E-state index in [1.165, 1.54) is 24.1 Å².